The van der Waals surface area contributed by atoms with Gasteiger partial charge in [0.15, 0.2) is 0 Å². The van der Waals surface area contributed by atoms with Gasteiger partial charge in [-0.1, -0.05) is 18.2 Å². The monoisotopic (exact) mass is 296 g/mol. The topological polar surface area (TPSA) is 49.9 Å². The third-order valence-corrected chi connectivity index (χ3v) is 7.07. The quantitative estimate of drug-likeness (QED) is 0.814. The molecule has 6 heteroatoms. The Morgan fingerprint density at radius 1 is 1.30 bits per heavy atom. The zero-order valence-corrected chi connectivity index (χ0v) is 12.6. The average molecular weight is 296 g/mol. The van der Waals surface area contributed by atoms with E-state index < -0.39 is 14.8 Å². The van der Waals surface area contributed by atoms with Gasteiger partial charge in [-0.3, -0.25) is 4.31 Å². The summed E-state index contributed by atoms with van der Waals surface area (Å²) in [7, 11) is 0.159. The fourth-order valence-corrected chi connectivity index (χ4v) is 5.80. The zero-order valence-electron chi connectivity index (χ0n) is 11.8. The molecule has 0 saturated carbocycles. The minimum atomic E-state index is -3.41. The first-order chi connectivity index (χ1) is 9.51. The van der Waals surface area contributed by atoms with Crippen molar-refractivity contribution in [2.75, 3.05) is 38.1 Å². The summed E-state index contributed by atoms with van der Waals surface area (Å²) in [6, 6.07) is 9.28. The minimum Gasteiger partial charge on any atom is -0.378 e. The first kappa shape index (κ1) is 13.9. The van der Waals surface area contributed by atoms with Crippen molar-refractivity contribution in [1.29, 1.82) is 0 Å². The molecule has 2 saturated heterocycles. The number of sulfonamides is 1. The molecule has 2 aliphatic heterocycles. The van der Waals surface area contributed by atoms with E-state index in [0.717, 1.165) is 12.2 Å². The van der Waals surface area contributed by atoms with Gasteiger partial charge in [0.05, 0.1) is 18.3 Å². The van der Waals surface area contributed by atoms with E-state index in [1.807, 2.05) is 37.4 Å². The summed E-state index contributed by atoms with van der Waals surface area (Å²) in [5, 5.41) is 0. The molecule has 0 amide bonds. The normalized spacial score (nSPS) is 33.1. The summed E-state index contributed by atoms with van der Waals surface area (Å²) >= 11 is 0. The molecule has 2 fully saturated rings. The fraction of sp³-hybridized carbons (Fsp3) is 0.571. The maximum Gasteiger partial charge on any atom is 0.244 e. The highest BCUT2D eigenvalue weighted by atomic mass is 32.2. The fourth-order valence-electron chi connectivity index (χ4n) is 3.40. The number of nitrogens with zero attached hydrogens (tertiary/aromatic N) is 2. The summed E-state index contributed by atoms with van der Waals surface area (Å²) in [4.78, 5) is 2.07. The van der Waals surface area contributed by atoms with Crippen molar-refractivity contribution in [3.8, 4) is 0 Å². The Labute approximate surface area is 120 Å². The second-order valence-corrected chi connectivity index (χ2v) is 7.85. The minimum absolute atomic E-state index is 0.280. The number of anilines is 1. The van der Waals surface area contributed by atoms with Crippen molar-refractivity contribution in [3.05, 3.63) is 30.3 Å². The van der Waals surface area contributed by atoms with Gasteiger partial charge >= 0.3 is 0 Å². The predicted octanol–water partition coefficient (Wildman–Crippen LogP) is 0.926. The lowest BCUT2D eigenvalue weighted by molar-refractivity contribution is 0.0832. The number of ether oxygens (including phenoxy) is 1. The lowest BCUT2D eigenvalue weighted by Crippen LogP contribution is -2.48. The van der Waals surface area contributed by atoms with Gasteiger partial charge in [-0.05, 0) is 32.1 Å². The van der Waals surface area contributed by atoms with Gasteiger partial charge < -0.3 is 9.64 Å². The molecule has 0 radical (unpaired) electrons. The first-order valence-electron chi connectivity index (χ1n) is 6.80. The molecule has 1 aromatic rings. The van der Waals surface area contributed by atoms with Crippen molar-refractivity contribution >= 4 is 15.7 Å². The molecule has 0 aliphatic carbocycles. The highest BCUT2D eigenvalue weighted by Gasteiger charge is 2.62. The van der Waals surface area contributed by atoms with E-state index in [1.165, 1.54) is 4.31 Å². The molecule has 0 unspecified atom stereocenters. The van der Waals surface area contributed by atoms with E-state index in [0.29, 0.717) is 19.5 Å². The summed E-state index contributed by atoms with van der Waals surface area (Å²) in [6.07, 6.45) is 0.353. The SMILES string of the molecule is CO[C@@H]1CN(c2ccccc2)S(=O)(=O)[C@@]12CCN(C)C2. The number of rotatable bonds is 2. The van der Waals surface area contributed by atoms with E-state index in [-0.39, 0.29) is 6.10 Å². The molecule has 1 spiro atoms. The molecule has 1 aromatic carbocycles. The Hall–Kier alpha value is -1.11. The van der Waals surface area contributed by atoms with Crippen LogP contribution in [0, 0.1) is 0 Å². The molecule has 0 N–H and O–H groups in total. The Balaban J connectivity index is 2.05. The maximum atomic E-state index is 13.1. The summed E-state index contributed by atoms with van der Waals surface area (Å²) in [5.41, 5.74) is 0.723. The molecular weight excluding hydrogens is 276 g/mol. The van der Waals surface area contributed by atoms with Crippen molar-refractivity contribution < 1.29 is 13.2 Å². The molecule has 0 bridgehead atoms. The first-order valence-corrected chi connectivity index (χ1v) is 8.24. The van der Waals surface area contributed by atoms with Crippen LogP contribution in [0.4, 0.5) is 5.69 Å². The predicted molar refractivity (Wildman–Crippen MR) is 78.3 cm³/mol. The standard InChI is InChI=1S/C14H20N2O3S/c1-15-9-8-14(11-15)13(19-2)10-16(20(14,17)18)12-6-4-3-5-7-12/h3-7,13H,8-11H2,1-2H3/t13-,14-/m1/s1. The van der Waals surface area contributed by atoms with Crippen LogP contribution in [-0.4, -0.2) is 58.0 Å². The van der Waals surface area contributed by atoms with Gasteiger partial charge in [-0.15, -0.1) is 0 Å². The van der Waals surface area contributed by atoms with Gasteiger partial charge in [0.1, 0.15) is 4.75 Å². The maximum absolute atomic E-state index is 13.1. The Morgan fingerprint density at radius 2 is 2.00 bits per heavy atom. The van der Waals surface area contributed by atoms with Gasteiger partial charge in [0.25, 0.3) is 0 Å². The third-order valence-electron chi connectivity index (χ3n) is 4.51. The van der Waals surface area contributed by atoms with E-state index in [9.17, 15) is 8.42 Å². The number of benzene rings is 1. The summed E-state index contributed by atoms with van der Waals surface area (Å²) in [6.45, 7) is 1.73. The molecule has 0 aromatic heterocycles. The van der Waals surface area contributed by atoms with Crippen molar-refractivity contribution in [2.24, 2.45) is 0 Å². The number of hydrogen-bond donors (Lipinski definition) is 0. The molecular formula is C14H20N2O3S. The van der Waals surface area contributed by atoms with E-state index in [1.54, 1.807) is 7.11 Å². The highest BCUT2D eigenvalue weighted by molar-refractivity contribution is 7.94. The Kier molecular flexibility index (Phi) is 3.27. The van der Waals surface area contributed by atoms with Crippen molar-refractivity contribution in [1.82, 2.24) is 4.90 Å². The van der Waals surface area contributed by atoms with Crippen LogP contribution in [0.15, 0.2) is 30.3 Å². The molecule has 2 heterocycles. The van der Waals surface area contributed by atoms with Crippen LogP contribution >= 0.6 is 0 Å². The van der Waals surface area contributed by atoms with Crippen LogP contribution in [0.5, 0.6) is 0 Å². The number of para-hydroxylation sites is 1. The van der Waals surface area contributed by atoms with Crippen LogP contribution in [0.3, 0.4) is 0 Å². The molecule has 2 atom stereocenters. The van der Waals surface area contributed by atoms with Crippen LogP contribution in [0.2, 0.25) is 0 Å². The van der Waals surface area contributed by atoms with Crippen LogP contribution < -0.4 is 4.31 Å². The van der Waals surface area contributed by atoms with Crippen LogP contribution in [0.1, 0.15) is 6.42 Å². The van der Waals surface area contributed by atoms with Gasteiger partial charge in [0.2, 0.25) is 10.0 Å². The van der Waals surface area contributed by atoms with Crippen LogP contribution in [-0.2, 0) is 14.8 Å². The molecule has 3 rings (SSSR count). The lowest BCUT2D eigenvalue weighted by atomic mass is 10.0. The molecule has 20 heavy (non-hydrogen) atoms. The Bertz CT molecular complexity index is 590. The second-order valence-electron chi connectivity index (χ2n) is 5.65. The zero-order chi connectivity index (χ0) is 14.4. The molecule has 5 nitrogen and oxygen atoms in total. The van der Waals surface area contributed by atoms with Crippen molar-refractivity contribution in [3.63, 3.8) is 0 Å². The van der Waals surface area contributed by atoms with E-state index in [2.05, 4.69) is 4.90 Å². The largest absolute Gasteiger partial charge is 0.378 e. The van der Waals surface area contributed by atoms with Gasteiger partial charge in [-0.25, -0.2) is 8.42 Å². The number of hydrogen-bond acceptors (Lipinski definition) is 4. The molecule has 110 valence electrons. The average Bonchev–Trinajstić information content (AvgIpc) is 2.93. The number of likely N-dealkylation sites (tertiary alicyclic amines) is 1. The third kappa shape index (κ3) is 1.78. The smallest absolute Gasteiger partial charge is 0.244 e. The van der Waals surface area contributed by atoms with Crippen molar-refractivity contribution in [2.45, 2.75) is 17.3 Å². The van der Waals surface area contributed by atoms with E-state index in [4.69, 9.17) is 4.74 Å². The summed E-state index contributed by atoms with van der Waals surface area (Å²) in [5.74, 6) is 0. The second kappa shape index (κ2) is 4.72. The lowest BCUT2D eigenvalue weighted by Gasteiger charge is -2.27. The van der Waals surface area contributed by atoms with Gasteiger partial charge in [-0.2, -0.15) is 0 Å². The Morgan fingerprint density at radius 3 is 2.55 bits per heavy atom. The van der Waals surface area contributed by atoms with Crippen LogP contribution in [0.25, 0.3) is 0 Å². The highest BCUT2D eigenvalue weighted by Crippen LogP contribution is 2.43. The molecule has 2 aliphatic rings. The summed E-state index contributed by atoms with van der Waals surface area (Å²) < 4.78 is 32.4. The van der Waals surface area contributed by atoms with E-state index >= 15 is 0 Å². The van der Waals surface area contributed by atoms with Gasteiger partial charge in [0, 0.05) is 13.7 Å². The number of methoxy groups -OCH3 is 1.